The van der Waals surface area contributed by atoms with E-state index in [4.69, 9.17) is 0 Å². The Bertz CT molecular complexity index is 995. The van der Waals surface area contributed by atoms with E-state index >= 15 is 0 Å². The summed E-state index contributed by atoms with van der Waals surface area (Å²) in [5.41, 5.74) is 3.48. The van der Waals surface area contributed by atoms with Crippen LogP contribution in [0.15, 0.2) is 54.6 Å². The van der Waals surface area contributed by atoms with Crippen LogP contribution in [0, 0.1) is 19.8 Å². The minimum atomic E-state index is -0.659. The van der Waals surface area contributed by atoms with Crippen molar-refractivity contribution in [2.75, 3.05) is 5.32 Å². The zero-order valence-electron chi connectivity index (χ0n) is 17.0. The number of hydrogen-bond donors (Lipinski definition) is 2. The predicted molar refractivity (Wildman–Crippen MR) is 118 cm³/mol. The molecular weight excluding hydrogens is 382 g/mol. The molecule has 3 rings (SSSR count). The second-order valence-corrected chi connectivity index (χ2v) is 8.54. The summed E-state index contributed by atoms with van der Waals surface area (Å²) in [6.45, 7) is 7.75. The van der Waals surface area contributed by atoms with E-state index in [-0.39, 0.29) is 17.7 Å². The quantitative estimate of drug-likeness (QED) is 0.615. The number of hydrogen-bond acceptors (Lipinski definition) is 4. The molecule has 0 aliphatic heterocycles. The summed E-state index contributed by atoms with van der Waals surface area (Å²) in [5, 5.41) is 6.25. The Hall–Kier alpha value is -2.99. The molecule has 0 aliphatic carbocycles. The minimum absolute atomic E-state index is 0.0703. The van der Waals surface area contributed by atoms with Gasteiger partial charge in [-0.25, -0.2) is 4.98 Å². The van der Waals surface area contributed by atoms with Gasteiger partial charge in [-0.1, -0.05) is 61.9 Å². The molecule has 1 atom stereocenters. The van der Waals surface area contributed by atoms with Crippen molar-refractivity contribution in [3.63, 3.8) is 0 Å². The molecule has 1 heterocycles. The van der Waals surface area contributed by atoms with E-state index in [0.29, 0.717) is 10.7 Å². The zero-order chi connectivity index (χ0) is 21.0. The number of nitrogens with zero attached hydrogens (tertiary/aromatic N) is 1. The number of carbonyl (C=O) groups is 2. The fraction of sp³-hybridized carbons (Fsp3) is 0.261. The van der Waals surface area contributed by atoms with Gasteiger partial charge >= 0.3 is 0 Å². The van der Waals surface area contributed by atoms with Crippen LogP contribution in [0.25, 0.3) is 11.3 Å². The van der Waals surface area contributed by atoms with E-state index in [1.165, 1.54) is 11.3 Å². The molecule has 0 bridgehead atoms. The Morgan fingerprint density at radius 3 is 2.24 bits per heavy atom. The largest absolute Gasteiger partial charge is 0.340 e. The third-order valence-electron chi connectivity index (χ3n) is 4.62. The van der Waals surface area contributed by atoms with Crippen LogP contribution in [-0.2, 0) is 4.79 Å². The first kappa shape index (κ1) is 20.7. The van der Waals surface area contributed by atoms with E-state index in [2.05, 4.69) is 15.6 Å². The van der Waals surface area contributed by atoms with Crippen molar-refractivity contribution in [1.29, 1.82) is 0 Å². The second kappa shape index (κ2) is 9.01. The van der Waals surface area contributed by atoms with Crippen LogP contribution in [-0.4, -0.2) is 22.8 Å². The predicted octanol–water partition coefficient (Wildman–Crippen LogP) is 4.82. The van der Waals surface area contributed by atoms with E-state index < -0.39 is 6.04 Å². The highest BCUT2D eigenvalue weighted by atomic mass is 32.1. The summed E-state index contributed by atoms with van der Waals surface area (Å²) >= 11 is 1.43. The van der Waals surface area contributed by atoms with Crippen LogP contribution < -0.4 is 10.6 Å². The highest BCUT2D eigenvalue weighted by Gasteiger charge is 2.26. The van der Waals surface area contributed by atoms with E-state index in [1.807, 2.05) is 70.2 Å². The van der Waals surface area contributed by atoms with Crippen LogP contribution >= 0.6 is 11.3 Å². The van der Waals surface area contributed by atoms with Crippen LogP contribution in [0.4, 0.5) is 5.13 Å². The van der Waals surface area contributed by atoms with Gasteiger partial charge in [0.05, 0.1) is 5.69 Å². The topological polar surface area (TPSA) is 71.1 Å². The van der Waals surface area contributed by atoms with Crippen molar-refractivity contribution >= 4 is 28.3 Å². The number of anilines is 1. The Labute approximate surface area is 175 Å². The minimum Gasteiger partial charge on any atom is -0.340 e. The second-order valence-electron chi connectivity index (χ2n) is 7.34. The lowest BCUT2D eigenvalue weighted by Crippen LogP contribution is -2.47. The van der Waals surface area contributed by atoms with E-state index in [1.54, 1.807) is 12.1 Å². The lowest BCUT2D eigenvalue weighted by molar-refractivity contribution is -0.118. The third kappa shape index (κ3) is 5.09. The van der Waals surface area contributed by atoms with Crippen molar-refractivity contribution in [3.8, 4) is 11.3 Å². The molecule has 150 valence electrons. The molecule has 29 heavy (non-hydrogen) atoms. The van der Waals surface area contributed by atoms with Crippen molar-refractivity contribution in [2.45, 2.75) is 33.7 Å². The Balaban J connectivity index is 1.73. The van der Waals surface area contributed by atoms with Gasteiger partial charge in [-0.3, -0.25) is 9.59 Å². The molecule has 5 nitrogen and oxygen atoms in total. The van der Waals surface area contributed by atoms with Crippen LogP contribution in [0.5, 0.6) is 0 Å². The number of aryl methyl sites for hydroxylation is 2. The molecule has 0 saturated heterocycles. The van der Waals surface area contributed by atoms with E-state index in [0.717, 1.165) is 21.7 Å². The molecule has 0 fully saturated rings. The summed E-state index contributed by atoms with van der Waals surface area (Å²) in [6.07, 6.45) is 0. The van der Waals surface area contributed by atoms with Gasteiger partial charge in [-0.2, -0.15) is 0 Å². The molecule has 2 N–H and O–H groups in total. The molecular formula is C23H25N3O2S. The molecule has 0 aliphatic rings. The number of amides is 2. The molecule has 0 unspecified atom stereocenters. The summed E-state index contributed by atoms with van der Waals surface area (Å²) < 4.78 is 0. The van der Waals surface area contributed by atoms with Gasteiger partial charge < -0.3 is 10.6 Å². The van der Waals surface area contributed by atoms with Gasteiger partial charge in [0, 0.05) is 16.0 Å². The smallest absolute Gasteiger partial charge is 0.251 e. The molecule has 6 heteroatoms. The standard InChI is InChI=1S/C23H25N3O2S/c1-14(2)19(24-21(27)18-12-10-15(3)11-13-18)22(28)26-23-25-20(16(4)29-23)17-8-6-5-7-9-17/h5-14,19H,1-4H3,(H,24,27)(H,25,26,28)/t19-/m1/s1. The number of aromatic nitrogens is 1. The molecule has 2 aromatic carbocycles. The molecule has 0 radical (unpaired) electrons. The summed E-state index contributed by atoms with van der Waals surface area (Å²) in [6, 6.07) is 16.5. The monoisotopic (exact) mass is 407 g/mol. The number of nitrogens with one attached hydrogen (secondary N) is 2. The number of rotatable bonds is 6. The zero-order valence-corrected chi connectivity index (χ0v) is 17.8. The van der Waals surface area contributed by atoms with Crippen molar-refractivity contribution in [2.24, 2.45) is 5.92 Å². The average Bonchev–Trinajstić information content (AvgIpc) is 3.06. The molecule has 0 saturated carbocycles. The first-order valence-corrected chi connectivity index (χ1v) is 10.4. The third-order valence-corrected chi connectivity index (χ3v) is 5.51. The van der Waals surface area contributed by atoms with Crippen LogP contribution in [0.3, 0.4) is 0 Å². The molecule has 3 aromatic rings. The van der Waals surface area contributed by atoms with Gasteiger partial charge in [0.25, 0.3) is 5.91 Å². The number of benzene rings is 2. The first-order chi connectivity index (χ1) is 13.8. The fourth-order valence-electron chi connectivity index (χ4n) is 2.96. The summed E-state index contributed by atoms with van der Waals surface area (Å²) in [7, 11) is 0. The first-order valence-electron chi connectivity index (χ1n) is 9.56. The van der Waals surface area contributed by atoms with Crippen LogP contribution in [0.1, 0.15) is 34.6 Å². The van der Waals surface area contributed by atoms with Gasteiger partial charge in [0.15, 0.2) is 5.13 Å². The molecule has 2 amide bonds. The van der Waals surface area contributed by atoms with Crippen molar-refractivity contribution < 1.29 is 9.59 Å². The van der Waals surface area contributed by atoms with Gasteiger partial charge in [-0.05, 0) is 31.9 Å². The van der Waals surface area contributed by atoms with Gasteiger partial charge in [0.2, 0.25) is 5.91 Å². The molecule has 0 spiro atoms. The summed E-state index contributed by atoms with van der Waals surface area (Å²) in [4.78, 5) is 31.0. The summed E-state index contributed by atoms with van der Waals surface area (Å²) in [5.74, 6) is -0.605. The average molecular weight is 408 g/mol. The highest BCUT2D eigenvalue weighted by Crippen LogP contribution is 2.30. The highest BCUT2D eigenvalue weighted by molar-refractivity contribution is 7.16. The lowest BCUT2D eigenvalue weighted by atomic mass is 10.0. The van der Waals surface area contributed by atoms with E-state index in [9.17, 15) is 9.59 Å². The maximum atomic E-state index is 12.9. The lowest BCUT2D eigenvalue weighted by Gasteiger charge is -2.21. The van der Waals surface area contributed by atoms with Crippen molar-refractivity contribution in [3.05, 3.63) is 70.6 Å². The number of thiazole rings is 1. The number of carbonyl (C=O) groups excluding carboxylic acids is 2. The van der Waals surface area contributed by atoms with Gasteiger partial charge in [0.1, 0.15) is 6.04 Å². The Morgan fingerprint density at radius 2 is 1.62 bits per heavy atom. The van der Waals surface area contributed by atoms with Crippen molar-refractivity contribution in [1.82, 2.24) is 10.3 Å². The Kier molecular flexibility index (Phi) is 6.44. The SMILES string of the molecule is Cc1ccc(C(=O)N[C@@H](C(=O)Nc2nc(-c3ccccc3)c(C)s2)C(C)C)cc1. The van der Waals surface area contributed by atoms with Gasteiger partial charge in [-0.15, -0.1) is 11.3 Å². The normalized spacial score (nSPS) is 11.9. The van der Waals surface area contributed by atoms with Crippen LogP contribution in [0.2, 0.25) is 0 Å². The maximum absolute atomic E-state index is 12.9. The fourth-order valence-corrected chi connectivity index (χ4v) is 3.80. The maximum Gasteiger partial charge on any atom is 0.251 e. The molecule has 1 aromatic heterocycles. The Morgan fingerprint density at radius 1 is 0.966 bits per heavy atom.